The van der Waals surface area contributed by atoms with Gasteiger partial charge in [-0.3, -0.25) is 9.59 Å². The number of imidazole rings is 1. The molecule has 1 aromatic rings. The fourth-order valence-electron chi connectivity index (χ4n) is 2.82. The number of amides is 2. The van der Waals surface area contributed by atoms with Gasteiger partial charge in [-0.2, -0.15) is 0 Å². The van der Waals surface area contributed by atoms with E-state index in [-0.39, 0.29) is 36.1 Å². The fourth-order valence-corrected chi connectivity index (χ4v) is 2.82. The zero-order valence-corrected chi connectivity index (χ0v) is 15.2. The lowest BCUT2D eigenvalue weighted by atomic mass is 9.95. The van der Waals surface area contributed by atoms with E-state index in [1.54, 1.807) is 18.1 Å². The van der Waals surface area contributed by atoms with E-state index in [1.165, 1.54) is 0 Å². The van der Waals surface area contributed by atoms with Gasteiger partial charge < -0.3 is 19.5 Å². The molecule has 1 fully saturated rings. The van der Waals surface area contributed by atoms with Crippen molar-refractivity contribution in [2.24, 2.45) is 7.05 Å². The lowest BCUT2D eigenvalue weighted by Crippen LogP contribution is -2.52. The Bertz CT molecular complexity index is 596. The van der Waals surface area contributed by atoms with Crippen molar-refractivity contribution in [3.8, 4) is 0 Å². The minimum atomic E-state index is -0.324. The molecule has 1 aromatic heterocycles. The summed E-state index contributed by atoms with van der Waals surface area (Å²) in [7, 11) is 3.65. The molecule has 0 bridgehead atoms. The Morgan fingerprint density at radius 3 is 2.75 bits per heavy atom. The second-order valence-electron chi connectivity index (χ2n) is 6.96. The Morgan fingerprint density at radius 2 is 2.17 bits per heavy atom. The number of likely N-dealkylation sites (tertiary alicyclic amines) is 1. The molecule has 0 radical (unpaired) electrons. The number of carbonyl (C=O) groups excluding carboxylic acids is 2. The first-order valence-electron chi connectivity index (χ1n) is 8.41. The molecular weight excluding hydrogens is 308 g/mol. The Kier molecular flexibility index (Phi) is 5.64. The van der Waals surface area contributed by atoms with Crippen molar-refractivity contribution in [2.75, 3.05) is 13.7 Å². The average Bonchev–Trinajstić information content (AvgIpc) is 2.95. The van der Waals surface area contributed by atoms with Gasteiger partial charge in [0.05, 0.1) is 11.6 Å². The number of aryl methyl sites for hydroxylation is 1. The Hall–Kier alpha value is -1.89. The maximum absolute atomic E-state index is 12.3. The number of hydrogen-bond donors (Lipinski definition) is 1. The van der Waals surface area contributed by atoms with E-state index in [0.29, 0.717) is 12.8 Å². The van der Waals surface area contributed by atoms with Crippen LogP contribution in [0.3, 0.4) is 0 Å². The summed E-state index contributed by atoms with van der Waals surface area (Å²) in [6, 6.07) is -0.441. The van der Waals surface area contributed by atoms with Crippen LogP contribution < -0.4 is 5.32 Å². The average molecular weight is 336 g/mol. The van der Waals surface area contributed by atoms with E-state index in [0.717, 1.165) is 12.2 Å². The summed E-state index contributed by atoms with van der Waals surface area (Å²) in [6.07, 6.45) is 5.40. The van der Waals surface area contributed by atoms with Crippen LogP contribution in [0.25, 0.3) is 0 Å². The van der Waals surface area contributed by atoms with E-state index < -0.39 is 0 Å². The number of ether oxygens (including phenoxy) is 1. The molecule has 2 amide bonds. The van der Waals surface area contributed by atoms with Crippen LogP contribution in [0, 0.1) is 0 Å². The molecule has 0 spiro atoms. The van der Waals surface area contributed by atoms with Crippen LogP contribution in [0.4, 0.5) is 0 Å². The van der Waals surface area contributed by atoms with E-state index in [4.69, 9.17) is 4.74 Å². The van der Waals surface area contributed by atoms with Gasteiger partial charge in [-0.05, 0) is 26.7 Å². The van der Waals surface area contributed by atoms with Gasteiger partial charge in [0.1, 0.15) is 18.5 Å². The fraction of sp³-hybridized carbons (Fsp3) is 0.706. The predicted octanol–water partition coefficient (Wildman–Crippen LogP) is 1.40. The van der Waals surface area contributed by atoms with Gasteiger partial charge >= 0.3 is 0 Å². The highest BCUT2D eigenvalue weighted by Gasteiger charge is 2.37. The van der Waals surface area contributed by atoms with Crippen molar-refractivity contribution >= 4 is 11.8 Å². The van der Waals surface area contributed by atoms with Crippen LogP contribution in [0.1, 0.15) is 51.9 Å². The highest BCUT2D eigenvalue weighted by Crippen LogP contribution is 2.29. The first-order chi connectivity index (χ1) is 11.2. The van der Waals surface area contributed by atoms with Gasteiger partial charge in [-0.15, -0.1) is 0 Å². The lowest BCUT2D eigenvalue weighted by molar-refractivity contribution is -0.140. The van der Waals surface area contributed by atoms with Gasteiger partial charge in [0.25, 0.3) is 0 Å². The summed E-state index contributed by atoms with van der Waals surface area (Å²) in [4.78, 5) is 30.4. The van der Waals surface area contributed by atoms with Crippen molar-refractivity contribution in [3.63, 3.8) is 0 Å². The molecular formula is C17H28N4O3. The first kappa shape index (κ1) is 18.4. The maximum Gasteiger partial charge on any atom is 0.246 e. The minimum absolute atomic E-state index is 0.0162. The van der Waals surface area contributed by atoms with Crippen LogP contribution in [0.5, 0.6) is 0 Å². The third-order valence-corrected chi connectivity index (χ3v) is 4.78. The van der Waals surface area contributed by atoms with E-state index >= 15 is 0 Å². The van der Waals surface area contributed by atoms with Gasteiger partial charge in [0.2, 0.25) is 11.8 Å². The molecule has 24 heavy (non-hydrogen) atoms. The third-order valence-electron chi connectivity index (χ3n) is 4.78. The second kappa shape index (κ2) is 7.34. The quantitative estimate of drug-likeness (QED) is 0.852. The minimum Gasteiger partial charge on any atom is -0.366 e. The molecule has 0 aromatic carbocycles. The number of likely N-dealkylation sites (N-methyl/N-ethyl adjacent to an activating group) is 1. The molecule has 0 unspecified atom stereocenters. The molecule has 2 heterocycles. The number of hydrogen-bond acceptors (Lipinski definition) is 4. The maximum atomic E-state index is 12.3. The summed E-state index contributed by atoms with van der Waals surface area (Å²) < 4.78 is 7.55. The Labute approximate surface area is 143 Å². The SMILES string of the molecule is CCC(C)(C)OCC(=O)N[C@@H]1CCC(=O)N(C)[C@H]1c1nccn1C. The van der Waals surface area contributed by atoms with Crippen molar-refractivity contribution < 1.29 is 14.3 Å². The van der Waals surface area contributed by atoms with Gasteiger partial charge in [-0.25, -0.2) is 4.98 Å². The highest BCUT2D eigenvalue weighted by molar-refractivity contribution is 5.80. The number of nitrogens with one attached hydrogen (secondary N) is 1. The van der Waals surface area contributed by atoms with Crippen LogP contribution in [-0.2, 0) is 21.4 Å². The van der Waals surface area contributed by atoms with Gasteiger partial charge in [0.15, 0.2) is 0 Å². The number of rotatable bonds is 6. The highest BCUT2D eigenvalue weighted by atomic mass is 16.5. The molecule has 0 saturated carbocycles. The number of aromatic nitrogens is 2. The van der Waals surface area contributed by atoms with Crippen molar-refractivity contribution in [2.45, 2.75) is 57.7 Å². The summed E-state index contributed by atoms with van der Waals surface area (Å²) in [5.74, 6) is 0.672. The van der Waals surface area contributed by atoms with Gasteiger partial charge in [0, 0.05) is 32.9 Å². The zero-order valence-electron chi connectivity index (χ0n) is 15.2. The molecule has 2 atom stereocenters. The van der Waals surface area contributed by atoms with E-state index in [2.05, 4.69) is 10.3 Å². The predicted molar refractivity (Wildman–Crippen MR) is 90.2 cm³/mol. The molecule has 7 nitrogen and oxygen atoms in total. The standard InChI is InChI=1S/C17H28N4O3/c1-6-17(2,3)24-11-13(22)19-12-7-8-14(23)21(5)15(12)16-18-9-10-20(16)4/h9-10,12,15H,6-8,11H2,1-5H3,(H,19,22)/t12-,15-/m1/s1. The molecule has 0 aliphatic carbocycles. The number of carbonyl (C=O) groups is 2. The summed E-state index contributed by atoms with van der Waals surface area (Å²) in [5.41, 5.74) is -0.324. The van der Waals surface area contributed by atoms with Crippen molar-refractivity contribution in [1.82, 2.24) is 19.8 Å². The Morgan fingerprint density at radius 1 is 1.46 bits per heavy atom. The third kappa shape index (κ3) is 4.14. The lowest BCUT2D eigenvalue weighted by Gasteiger charge is -2.38. The molecule has 134 valence electrons. The smallest absolute Gasteiger partial charge is 0.246 e. The van der Waals surface area contributed by atoms with E-state index in [9.17, 15) is 9.59 Å². The molecule has 7 heteroatoms. The van der Waals surface area contributed by atoms with Crippen molar-refractivity contribution in [3.05, 3.63) is 18.2 Å². The number of piperidine rings is 1. The second-order valence-corrected chi connectivity index (χ2v) is 6.96. The topological polar surface area (TPSA) is 76.5 Å². The monoisotopic (exact) mass is 336 g/mol. The van der Waals surface area contributed by atoms with E-state index in [1.807, 2.05) is 38.6 Å². The molecule has 2 rings (SSSR count). The van der Waals surface area contributed by atoms with Gasteiger partial charge in [-0.1, -0.05) is 6.92 Å². The molecule has 1 aliphatic heterocycles. The molecule has 1 aliphatic rings. The largest absolute Gasteiger partial charge is 0.366 e. The first-order valence-corrected chi connectivity index (χ1v) is 8.41. The molecule has 1 saturated heterocycles. The van der Waals surface area contributed by atoms with Crippen LogP contribution >= 0.6 is 0 Å². The zero-order chi connectivity index (χ0) is 17.9. The summed E-state index contributed by atoms with van der Waals surface area (Å²) in [5, 5.41) is 3.02. The number of nitrogens with zero attached hydrogens (tertiary/aromatic N) is 3. The van der Waals surface area contributed by atoms with Crippen LogP contribution in [-0.4, -0.2) is 51.6 Å². The van der Waals surface area contributed by atoms with Crippen LogP contribution in [0.2, 0.25) is 0 Å². The normalized spacial score (nSPS) is 21.9. The van der Waals surface area contributed by atoms with Crippen LogP contribution in [0.15, 0.2) is 12.4 Å². The summed E-state index contributed by atoms with van der Waals surface area (Å²) in [6.45, 7) is 5.97. The molecule has 1 N–H and O–H groups in total. The Balaban J connectivity index is 2.08. The summed E-state index contributed by atoms with van der Waals surface area (Å²) >= 11 is 0. The van der Waals surface area contributed by atoms with Crippen molar-refractivity contribution in [1.29, 1.82) is 0 Å².